The minimum absolute atomic E-state index is 0.0306. The monoisotopic (exact) mass is 335 g/mol. The molecule has 6 nitrogen and oxygen atoms in total. The molecule has 0 heterocycles. The Morgan fingerprint density at radius 2 is 2.21 bits per heavy atom. The van der Waals surface area contributed by atoms with E-state index in [2.05, 4.69) is 20.7 Å². The normalized spacial score (nSPS) is 10.1. The molecule has 0 aromatic heterocycles. The Morgan fingerprint density at radius 3 is 2.79 bits per heavy atom. The van der Waals surface area contributed by atoms with Gasteiger partial charge in [0.1, 0.15) is 5.82 Å². The maximum atomic E-state index is 13.3. The fourth-order valence-electron chi connectivity index (χ4n) is 1.25. The van der Waals surface area contributed by atoms with Crippen molar-refractivity contribution < 1.29 is 23.6 Å². The van der Waals surface area contributed by atoms with E-state index in [9.17, 15) is 19.3 Å². The van der Waals surface area contributed by atoms with Crippen molar-refractivity contribution in [2.24, 2.45) is 0 Å². The van der Waals surface area contributed by atoms with Crippen molar-refractivity contribution in [3.05, 3.63) is 32.5 Å². The highest BCUT2D eigenvalue weighted by Gasteiger charge is 2.19. The average molecular weight is 336 g/mol. The van der Waals surface area contributed by atoms with E-state index in [1.807, 2.05) is 0 Å². The number of nitrogens with zero attached hydrogens (tertiary/aromatic N) is 1. The molecule has 0 atom stereocenters. The largest absolute Gasteiger partial charge is 0.486 e. The molecule has 1 aromatic rings. The molecule has 0 bridgehead atoms. The summed E-state index contributed by atoms with van der Waals surface area (Å²) in [6, 6.07) is 1.91. The summed E-state index contributed by atoms with van der Waals surface area (Å²) in [6.07, 6.45) is -0.0668. The Balaban J connectivity index is 2.74. The van der Waals surface area contributed by atoms with Gasteiger partial charge in [0.05, 0.1) is 29.0 Å². The van der Waals surface area contributed by atoms with E-state index >= 15 is 0 Å². The quantitative estimate of drug-likeness (QED) is 0.453. The van der Waals surface area contributed by atoms with Gasteiger partial charge in [0, 0.05) is 12.1 Å². The molecule has 0 aliphatic heterocycles. The summed E-state index contributed by atoms with van der Waals surface area (Å²) >= 11 is 2.85. The van der Waals surface area contributed by atoms with Crippen LogP contribution in [0, 0.1) is 15.9 Å². The lowest BCUT2D eigenvalue weighted by Gasteiger charge is -2.07. The lowest BCUT2D eigenvalue weighted by atomic mass is 10.3. The van der Waals surface area contributed by atoms with Crippen LogP contribution in [0.25, 0.3) is 0 Å². The van der Waals surface area contributed by atoms with Crippen LogP contribution in [0.3, 0.4) is 0 Å². The van der Waals surface area contributed by atoms with Crippen LogP contribution in [-0.4, -0.2) is 24.1 Å². The number of rotatable bonds is 6. The van der Waals surface area contributed by atoms with Gasteiger partial charge in [-0.2, -0.15) is 0 Å². The summed E-state index contributed by atoms with van der Waals surface area (Å²) in [4.78, 5) is 21.1. The van der Waals surface area contributed by atoms with Crippen molar-refractivity contribution >= 4 is 27.6 Å². The molecular weight excluding hydrogens is 325 g/mol. The van der Waals surface area contributed by atoms with Gasteiger partial charge >= 0.3 is 11.7 Å². The van der Waals surface area contributed by atoms with Crippen LogP contribution in [0.15, 0.2) is 16.6 Å². The number of hydrogen-bond acceptors (Lipinski definition) is 5. The van der Waals surface area contributed by atoms with Gasteiger partial charge in [0.25, 0.3) is 0 Å². The number of esters is 1. The number of nitro benzene ring substituents is 1. The molecule has 0 unspecified atom stereocenters. The van der Waals surface area contributed by atoms with E-state index in [4.69, 9.17) is 4.74 Å². The molecule has 0 N–H and O–H groups in total. The van der Waals surface area contributed by atoms with Crippen molar-refractivity contribution in [2.75, 3.05) is 13.2 Å². The molecule has 0 fully saturated rings. The topological polar surface area (TPSA) is 78.7 Å². The standard InChI is InChI=1S/C11H11BrFNO5/c1-2-18-11(15)3-4-19-10-6-8(13)7(12)5-9(10)14(16)17/h5-6H,2-4H2,1H3. The average Bonchev–Trinajstić information content (AvgIpc) is 2.33. The second kappa shape index (κ2) is 7.03. The van der Waals surface area contributed by atoms with Gasteiger partial charge < -0.3 is 9.47 Å². The third-order valence-corrected chi connectivity index (χ3v) is 2.68. The molecule has 0 aliphatic rings. The molecule has 104 valence electrons. The molecule has 1 aromatic carbocycles. The summed E-state index contributed by atoms with van der Waals surface area (Å²) in [5.74, 6) is -1.39. The van der Waals surface area contributed by atoms with Gasteiger partial charge in [-0.25, -0.2) is 4.39 Å². The molecule has 8 heteroatoms. The van der Waals surface area contributed by atoms with Crippen LogP contribution >= 0.6 is 15.9 Å². The van der Waals surface area contributed by atoms with Crippen LogP contribution in [0.2, 0.25) is 0 Å². The zero-order valence-electron chi connectivity index (χ0n) is 10.0. The van der Waals surface area contributed by atoms with Crippen molar-refractivity contribution in [1.29, 1.82) is 0 Å². The predicted octanol–water partition coefficient (Wildman–Crippen LogP) is 2.83. The number of carbonyl (C=O) groups excluding carboxylic acids is 1. The molecule has 0 saturated heterocycles. The number of carbonyl (C=O) groups is 1. The third-order valence-electron chi connectivity index (χ3n) is 2.07. The zero-order valence-corrected chi connectivity index (χ0v) is 11.6. The second-order valence-corrected chi connectivity index (χ2v) is 4.25. The predicted molar refractivity (Wildman–Crippen MR) is 67.5 cm³/mol. The van der Waals surface area contributed by atoms with E-state index < -0.39 is 16.7 Å². The fraction of sp³-hybridized carbons (Fsp3) is 0.364. The molecular formula is C11H11BrFNO5. The highest BCUT2D eigenvalue weighted by molar-refractivity contribution is 9.10. The van der Waals surface area contributed by atoms with Gasteiger partial charge in [0.15, 0.2) is 5.75 Å². The van der Waals surface area contributed by atoms with Gasteiger partial charge in [-0.3, -0.25) is 14.9 Å². The van der Waals surface area contributed by atoms with Gasteiger partial charge in [-0.15, -0.1) is 0 Å². The minimum atomic E-state index is -0.691. The Hall–Kier alpha value is -1.70. The number of nitro groups is 1. The highest BCUT2D eigenvalue weighted by Crippen LogP contribution is 2.32. The van der Waals surface area contributed by atoms with Gasteiger partial charge in [0.2, 0.25) is 0 Å². The van der Waals surface area contributed by atoms with Crippen LogP contribution in [-0.2, 0) is 9.53 Å². The molecule has 0 amide bonds. The van der Waals surface area contributed by atoms with E-state index in [0.29, 0.717) is 0 Å². The third kappa shape index (κ3) is 4.47. The molecule has 0 aliphatic carbocycles. The maximum absolute atomic E-state index is 13.3. The number of ether oxygens (including phenoxy) is 2. The van der Waals surface area contributed by atoms with Crippen LogP contribution < -0.4 is 4.74 Å². The number of halogens is 2. The van der Waals surface area contributed by atoms with Crippen molar-refractivity contribution in [2.45, 2.75) is 13.3 Å². The molecule has 0 radical (unpaired) electrons. The summed E-state index contributed by atoms with van der Waals surface area (Å²) in [7, 11) is 0. The first-order valence-corrected chi connectivity index (χ1v) is 6.16. The smallest absolute Gasteiger partial charge is 0.312 e. The Kier molecular flexibility index (Phi) is 5.68. The van der Waals surface area contributed by atoms with E-state index in [1.165, 1.54) is 0 Å². The molecule has 19 heavy (non-hydrogen) atoms. The van der Waals surface area contributed by atoms with Crippen molar-refractivity contribution in [3.63, 3.8) is 0 Å². The Bertz CT molecular complexity index is 494. The first-order chi connectivity index (χ1) is 8.95. The molecule has 0 saturated carbocycles. The first-order valence-electron chi connectivity index (χ1n) is 5.37. The lowest BCUT2D eigenvalue weighted by Crippen LogP contribution is -2.10. The van der Waals surface area contributed by atoms with Crippen LogP contribution in [0.4, 0.5) is 10.1 Å². The maximum Gasteiger partial charge on any atom is 0.312 e. The van der Waals surface area contributed by atoms with Gasteiger partial charge in [-0.1, -0.05) is 0 Å². The van der Waals surface area contributed by atoms with E-state index in [0.717, 1.165) is 12.1 Å². The first kappa shape index (κ1) is 15.4. The summed E-state index contributed by atoms with van der Waals surface area (Å²) in [6.45, 7) is 1.78. The fourth-order valence-corrected chi connectivity index (χ4v) is 1.59. The molecule has 1 rings (SSSR count). The second-order valence-electron chi connectivity index (χ2n) is 3.39. The SMILES string of the molecule is CCOC(=O)CCOc1cc(F)c(Br)cc1[N+](=O)[O-]. The number of benzene rings is 1. The Morgan fingerprint density at radius 1 is 1.53 bits per heavy atom. The summed E-state index contributed by atoms with van der Waals surface area (Å²) in [5, 5.41) is 10.8. The minimum Gasteiger partial charge on any atom is -0.486 e. The zero-order chi connectivity index (χ0) is 14.4. The lowest BCUT2D eigenvalue weighted by molar-refractivity contribution is -0.386. The highest BCUT2D eigenvalue weighted by atomic mass is 79.9. The molecule has 0 spiro atoms. The summed E-state index contributed by atoms with van der Waals surface area (Å²) in [5.41, 5.74) is -0.378. The van der Waals surface area contributed by atoms with Crippen LogP contribution in [0.1, 0.15) is 13.3 Å². The van der Waals surface area contributed by atoms with Crippen molar-refractivity contribution in [1.82, 2.24) is 0 Å². The van der Waals surface area contributed by atoms with Crippen LogP contribution in [0.5, 0.6) is 5.75 Å². The Labute approximate surface area is 116 Å². The number of hydrogen-bond donors (Lipinski definition) is 0. The van der Waals surface area contributed by atoms with Gasteiger partial charge in [-0.05, 0) is 22.9 Å². The van der Waals surface area contributed by atoms with Crippen molar-refractivity contribution in [3.8, 4) is 5.75 Å². The van der Waals surface area contributed by atoms with E-state index in [-0.39, 0.29) is 35.5 Å². The van der Waals surface area contributed by atoms with E-state index in [1.54, 1.807) is 6.92 Å². The summed E-state index contributed by atoms with van der Waals surface area (Å²) < 4.78 is 23.0.